The zero-order valence-corrected chi connectivity index (χ0v) is 18.8. The molecule has 0 radical (unpaired) electrons. The van der Waals surface area contributed by atoms with E-state index in [0.717, 1.165) is 22.3 Å². The normalized spacial score (nSPS) is 14.3. The molecule has 0 fully saturated rings. The summed E-state index contributed by atoms with van der Waals surface area (Å²) in [6, 6.07) is 6.26. The van der Waals surface area contributed by atoms with E-state index in [2.05, 4.69) is 4.98 Å². The monoisotopic (exact) mass is 439 g/mol. The fourth-order valence-electron chi connectivity index (χ4n) is 3.75. The van der Waals surface area contributed by atoms with Gasteiger partial charge in [-0.15, -0.1) is 0 Å². The van der Waals surface area contributed by atoms with Crippen molar-refractivity contribution in [2.45, 2.75) is 65.3 Å². The number of primary amides is 1. The van der Waals surface area contributed by atoms with E-state index in [9.17, 15) is 19.5 Å². The molecule has 3 rings (SSSR count). The molecule has 1 aliphatic rings. The Hall–Kier alpha value is -3.26. The molecule has 0 saturated carbocycles. The lowest BCUT2D eigenvalue weighted by atomic mass is 10.0. The van der Waals surface area contributed by atoms with Gasteiger partial charge in [-0.25, -0.2) is 0 Å². The van der Waals surface area contributed by atoms with E-state index in [-0.39, 0.29) is 31.9 Å². The lowest BCUT2D eigenvalue weighted by molar-refractivity contribution is -0.155. The molecule has 170 valence electrons. The molecule has 2 amide bonds. The molecule has 0 bridgehead atoms. The fourth-order valence-corrected chi connectivity index (χ4v) is 3.75. The van der Waals surface area contributed by atoms with Gasteiger partial charge in [0.15, 0.2) is 0 Å². The van der Waals surface area contributed by atoms with Crippen LogP contribution < -0.4 is 5.73 Å². The highest BCUT2D eigenvalue weighted by Gasteiger charge is 2.36. The zero-order valence-electron chi connectivity index (χ0n) is 18.8. The molecule has 0 aliphatic carbocycles. The van der Waals surface area contributed by atoms with E-state index in [1.54, 1.807) is 39.1 Å². The van der Waals surface area contributed by atoms with Gasteiger partial charge in [-0.2, -0.15) is 0 Å². The van der Waals surface area contributed by atoms with Crippen LogP contribution in [0.2, 0.25) is 0 Å². The molecule has 2 aromatic rings. The number of pyridine rings is 1. The molecule has 3 N–H and O–H groups in total. The number of aryl methyl sites for hydroxylation is 1. The van der Waals surface area contributed by atoms with E-state index in [1.807, 2.05) is 19.1 Å². The summed E-state index contributed by atoms with van der Waals surface area (Å²) in [5.41, 5.74) is 9.36. The average Bonchev–Trinajstić information content (AvgIpc) is 3.02. The first-order valence-corrected chi connectivity index (χ1v) is 10.5. The van der Waals surface area contributed by atoms with E-state index in [4.69, 9.17) is 10.5 Å². The summed E-state index contributed by atoms with van der Waals surface area (Å²) in [5, 5.41) is 9.52. The van der Waals surface area contributed by atoms with Crippen molar-refractivity contribution in [3.05, 3.63) is 52.7 Å². The number of hydrogen-bond donors (Lipinski definition) is 2. The average molecular weight is 440 g/mol. The molecule has 32 heavy (non-hydrogen) atoms. The van der Waals surface area contributed by atoms with Crippen molar-refractivity contribution in [2.24, 2.45) is 5.73 Å². The van der Waals surface area contributed by atoms with Gasteiger partial charge in [-0.3, -0.25) is 19.4 Å². The molecule has 1 aromatic heterocycles. The van der Waals surface area contributed by atoms with Gasteiger partial charge in [0.25, 0.3) is 5.91 Å². The topological polar surface area (TPSA) is 123 Å². The smallest absolute Gasteiger partial charge is 0.306 e. The van der Waals surface area contributed by atoms with Gasteiger partial charge in [-0.05, 0) is 69.0 Å². The number of esters is 1. The van der Waals surface area contributed by atoms with Crippen LogP contribution >= 0.6 is 0 Å². The zero-order chi connectivity index (χ0) is 23.6. The molecular formula is C24H29N3O5. The number of carbonyl (C=O) groups excluding carboxylic acids is 3. The second kappa shape index (κ2) is 9.08. The highest BCUT2D eigenvalue weighted by molar-refractivity contribution is 6.01. The molecule has 1 aliphatic heterocycles. The Morgan fingerprint density at radius 1 is 1.28 bits per heavy atom. The number of carbonyl (C=O) groups is 3. The summed E-state index contributed by atoms with van der Waals surface area (Å²) in [6.45, 7) is 7.30. The Morgan fingerprint density at radius 2 is 2.00 bits per heavy atom. The Morgan fingerprint density at radius 3 is 2.62 bits per heavy atom. The maximum atomic E-state index is 13.0. The second-order valence-electron chi connectivity index (χ2n) is 9.00. The third-order valence-electron chi connectivity index (χ3n) is 5.36. The number of hydrogen-bond acceptors (Lipinski definition) is 6. The highest BCUT2D eigenvalue weighted by Crippen LogP contribution is 2.30. The van der Waals surface area contributed by atoms with Crippen LogP contribution in [-0.2, 0) is 27.5 Å². The lowest BCUT2D eigenvalue weighted by Crippen LogP contribution is -2.45. The SMILES string of the molecule is Cc1cnc(-c2ccc3c(c2)CN(C(CCC(=O)OC(C)(C)C)C(N)=O)C3=O)cc1CO. The third-order valence-corrected chi connectivity index (χ3v) is 5.36. The largest absolute Gasteiger partial charge is 0.460 e. The summed E-state index contributed by atoms with van der Waals surface area (Å²) in [4.78, 5) is 43.0. The number of fused-ring (bicyclic) bond motifs is 1. The Labute approximate surface area is 187 Å². The van der Waals surface area contributed by atoms with Crippen LogP contribution in [0.25, 0.3) is 11.3 Å². The first-order valence-electron chi connectivity index (χ1n) is 10.5. The quantitative estimate of drug-likeness (QED) is 0.639. The molecule has 0 spiro atoms. The van der Waals surface area contributed by atoms with Crippen molar-refractivity contribution >= 4 is 17.8 Å². The van der Waals surface area contributed by atoms with Crippen molar-refractivity contribution < 1.29 is 24.2 Å². The van der Waals surface area contributed by atoms with Gasteiger partial charge in [0.05, 0.1) is 12.3 Å². The van der Waals surface area contributed by atoms with Gasteiger partial charge < -0.3 is 20.5 Å². The Balaban J connectivity index is 1.79. The van der Waals surface area contributed by atoms with Crippen molar-refractivity contribution in [3.63, 3.8) is 0 Å². The van der Waals surface area contributed by atoms with E-state index in [0.29, 0.717) is 11.3 Å². The predicted molar refractivity (Wildman–Crippen MR) is 118 cm³/mol. The van der Waals surface area contributed by atoms with Crippen molar-refractivity contribution in [1.29, 1.82) is 0 Å². The van der Waals surface area contributed by atoms with Crippen LogP contribution in [-0.4, -0.2) is 44.4 Å². The van der Waals surface area contributed by atoms with Gasteiger partial charge >= 0.3 is 5.97 Å². The summed E-state index contributed by atoms with van der Waals surface area (Å²) >= 11 is 0. The van der Waals surface area contributed by atoms with Crippen molar-refractivity contribution in [2.75, 3.05) is 0 Å². The van der Waals surface area contributed by atoms with Crippen molar-refractivity contribution in [3.8, 4) is 11.3 Å². The Bertz CT molecular complexity index is 1060. The van der Waals surface area contributed by atoms with E-state index in [1.165, 1.54) is 4.90 Å². The van der Waals surface area contributed by atoms with Gasteiger partial charge in [0, 0.05) is 30.3 Å². The molecule has 1 atom stereocenters. The summed E-state index contributed by atoms with van der Waals surface area (Å²) in [6.07, 6.45) is 1.77. The van der Waals surface area contributed by atoms with Gasteiger partial charge in [-0.1, -0.05) is 6.07 Å². The minimum atomic E-state index is -0.913. The van der Waals surface area contributed by atoms with Crippen LogP contribution in [0, 0.1) is 6.92 Å². The first-order chi connectivity index (χ1) is 15.0. The molecule has 1 aromatic carbocycles. The minimum Gasteiger partial charge on any atom is -0.460 e. The summed E-state index contributed by atoms with van der Waals surface area (Å²) in [7, 11) is 0. The number of aromatic nitrogens is 1. The molecule has 8 heteroatoms. The van der Waals surface area contributed by atoms with Crippen LogP contribution in [0.3, 0.4) is 0 Å². The van der Waals surface area contributed by atoms with Crippen molar-refractivity contribution in [1.82, 2.24) is 9.88 Å². The number of aliphatic hydroxyl groups is 1. The molecule has 2 heterocycles. The number of ether oxygens (including phenoxy) is 1. The number of aliphatic hydroxyl groups excluding tert-OH is 1. The molecule has 0 saturated heterocycles. The minimum absolute atomic E-state index is 0.0204. The summed E-state index contributed by atoms with van der Waals surface area (Å²) < 4.78 is 5.29. The molecular weight excluding hydrogens is 410 g/mol. The lowest BCUT2D eigenvalue weighted by Gasteiger charge is -2.25. The maximum absolute atomic E-state index is 13.0. The van der Waals surface area contributed by atoms with Crippen LogP contribution in [0.1, 0.15) is 60.7 Å². The predicted octanol–water partition coefficient (Wildman–Crippen LogP) is 2.48. The van der Waals surface area contributed by atoms with Gasteiger partial charge in [0.2, 0.25) is 5.91 Å². The van der Waals surface area contributed by atoms with Crippen LogP contribution in [0.15, 0.2) is 30.5 Å². The Kier molecular flexibility index (Phi) is 6.64. The fraction of sp³-hybridized carbons (Fsp3) is 0.417. The molecule has 8 nitrogen and oxygen atoms in total. The molecule has 1 unspecified atom stereocenters. The summed E-state index contributed by atoms with van der Waals surface area (Å²) in [5.74, 6) is -1.41. The second-order valence-corrected chi connectivity index (χ2v) is 9.00. The van der Waals surface area contributed by atoms with Gasteiger partial charge in [0.1, 0.15) is 11.6 Å². The third kappa shape index (κ3) is 5.13. The number of benzene rings is 1. The van der Waals surface area contributed by atoms with Crippen LogP contribution in [0.4, 0.5) is 0 Å². The van der Waals surface area contributed by atoms with E-state index < -0.39 is 23.5 Å². The first kappa shape index (κ1) is 23.4. The van der Waals surface area contributed by atoms with E-state index >= 15 is 0 Å². The van der Waals surface area contributed by atoms with Crippen LogP contribution in [0.5, 0.6) is 0 Å². The number of rotatable bonds is 7. The standard InChI is InChI=1S/C24H29N3O5/c1-14-11-26-19(10-17(14)13-28)15-5-6-18-16(9-15)12-27(23(18)31)20(22(25)30)7-8-21(29)32-24(2,3)4/h5-6,9-11,20,28H,7-8,12-13H2,1-4H3,(H2,25,30). The number of nitrogens with zero attached hydrogens (tertiary/aromatic N) is 2. The number of amides is 2. The highest BCUT2D eigenvalue weighted by atomic mass is 16.6. The number of nitrogens with two attached hydrogens (primary N) is 1. The maximum Gasteiger partial charge on any atom is 0.306 e.